The van der Waals surface area contributed by atoms with Gasteiger partial charge in [-0.3, -0.25) is 0 Å². The molecule has 108 valence electrons. The highest BCUT2D eigenvalue weighted by molar-refractivity contribution is 7.14. The van der Waals surface area contributed by atoms with E-state index >= 15 is 0 Å². The monoisotopic (exact) mass is 356 g/mol. The maximum Gasteiger partial charge on any atom is 0.128 e. The molecule has 0 radical (unpaired) electrons. The van der Waals surface area contributed by atoms with Gasteiger partial charge >= 0.3 is 0 Å². The third-order valence-corrected chi connectivity index (χ3v) is 6.26. The number of aryl methyl sites for hydroxylation is 1. The van der Waals surface area contributed by atoms with E-state index in [1.807, 2.05) is 23.8 Å². The second kappa shape index (κ2) is 5.73. The Morgan fingerprint density at radius 1 is 0.952 bits per heavy atom. The zero-order valence-electron chi connectivity index (χ0n) is 11.3. The quantitative estimate of drug-likeness (QED) is 0.455. The third kappa shape index (κ3) is 2.76. The van der Waals surface area contributed by atoms with E-state index in [4.69, 9.17) is 23.2 Å². The highest BCUT2D eigenvalue weighted by Crippen LogP contribution is 2.40. The van der Waals surface area contributed by atoms with Crippen LogP contribution in [0.2, 0.25) is 10.0 Å². The molecule has 0 saturated heterocycles. The van der Waals surface area contributed by atoms with Crippen LogP contribution in [-0.4, -0.2) is 0 Å². The summed E-state index contributed by atoms with van der Waals surface area (Å²) in [6.07, 6.45) is 0. The molecule has 0 unspecified atom stereocenters. The second-order valence-electron chi connectivity index (χ2n) is 4.78. The fraction of sp³-hybridized carbons (Fsp3) is 0.125. The van der Waals surface area contributed by atoms with Crippen LogP contribution >= 0.6 is 45.9 Å². The van der Waals surface area contributed by atoms with E-state index in [2.05, 4.69) is 0 Å². The van der Waals surface area contributed by atoms with Gasteiger partial charge in [0.1, 0.15) is 5.82 Å². The molecule has 0 N–H and O–H groups in total. The molecule has 0 atom stereocenters. The van der Waals surface area contributed by atoms with Gasteiger partial charge in [-0.1, -0.05) is 23.2 Å². The van der Waals surface area contributed by atoms with Gasteiger partial charge in [0.2, 0.25) is 0 Å². The van der Waals surface area contributed by atoms with Gasteiger partial charge in [0, 0.05) is 31.3 Å². The first kappa shape index (κ1) is 15.0. The van der Waals surface area contributed by atoms with Crippen LogP contribution < -0.4 is 0 Å². The molecule has 21 heavy (non-hydrogen) atoms. The number of halogens is 3. The van der Waals surface area contributed by atoms with Crippen molar-refractivity contribution in [3.05, 3.63) is 55.3 Å². The molecule has 2 heterocycles. The Morgan fingerprint density at radius 2 is 1.71 bits per heavy atom. The number of thiophene rings is 2. The molecule has 3 aromatic rings. The normalized spacial score (nSPS) is 11.1. The SMILES string of the molecule is Cc1scc(-c2csc(-c3cc(F)c(C)c(Cl)c3)c2)c1Cl. The minimum atomic E-state index is -0.281. The summed E-state index contributed by atoms with van der Waals surface area (Å²) in [4.78, 5) is 2.08. The molecule has 0 fully saturated rings. The lowest BCUT2D eigenvalue weighted by Crippen LogP contribution is -1.85. The molecule has 0 aliphatic rings. The van der Waals surface area contributed by atoms with Crippen LogP contribution in [0.25, 0.3) is 21.6 Å². The van der Waals surface area contributed by atoms with Crippen LogP contribution in [0.1, 0.15) is 10.4 Å². The molecule has 1 aromatic carbocycles. The lowest BCUT2D eigenvalue weighted by molar-refractivity contribution is 0.619. The summed E-state index contributed by atoms with van der Waals surface area (Å²) in [5.41, 5.74) is 3.36. The minimum absolute atomic E-state index is 0.281. The molecule has 3 rings (SSSR count). The summed E-state index contributed by atoms with van der Waals surface area (Å²) < 4.78 is 13.8. The first-order chi connectivity index (χ1) is 9.97. The van der Waals surface area contributed by atoms with Crippen molar-refractivity contribution in [2.75, 3.05) is 0 Å². The molecule has 0 aliphatic heterocycles. The minimum Gasteiger partial charge on any atom is -0.207 e. The number of rotatable bonds is 2. The number of benzene rings is 1. The molecule has 0 aliphatic carbocycles. The van der Waals surface area contributed by atoms with Crippen LogP contribution in [0, 0.1) is 19.7 Å². The predicted molar refractivity (Wildman–Crippen MR) is 92.5 cm³/mol. The summed E-state index contributed by atoms with van der Waals surface area (Å²) in [6, 6.07) is 5.35. The van der Waals surface area contributed by atoms with Crippen LogP contribution in [0.5, 0.6) is 0 Å². The Kier molecular flexibility index (Phi) is 4.10. The highest BCUT2D eigenvalue weighted by Gasteiger charge is 2.13. The molecule has 0 bridgehead atoms. The van der Waals surface area contributed by atoms with Crippen molar-refractivity contribution < 1.29 is 4.39 Å². The van der Waals surface area contributed by atoms with Gasteiger partial charge in [-0.05, 0) is 48.6 Å². The van der Waals surface area contributed by atoms with E-state index in [9.17, 15) is 4.39 Å². The molecule has 2 aromatic heterocycles. The summed E-state index contributed by atoms with van der Waals surface area (Å²) in [5.74, 6) is -0.281. The molecule has 0 nitrogen and oxygen atoms in total. The largest absolute Gasteiger partial charge is 0.207 e. The van der Waals surface area contributed by atoms with Crippen LogP contribution in [0.4, 0.5) is 4.39 Å². The Labute approximate surface area is 140 Å². The Bertz CT molecular complexity index is 795. The van der Waals surface area contributed by atoms with Gasteiger partial charge in [0.15, 0.2) is 0 Å². The fourth-order valence-corrected chi connectivity index (χ4v) is 4.28. The topological polar surface area (TPSA) is 0 Å². The van der Waals surface area contributed by atoms with Gasteiger partial charge in [0.25, 0.3) is 0 Å². The first-order valence-corrected chi connectivity index (χ1v) is 8.77. The second-order valence-corrected chi connectivity index (χ2v) is 7.56. The van der Waals surface area contributed by atoms with Crippen LogP contribution in [0.3, 0.4) is 0 Å². The van der Waals surface area contributed by atoms with Crippen molar-refractivity contribution in [3.63, 3.8) is 0 Å². The zero-order chi connectivity index (χ0) is 15.1. The predicted octanol–water partition coefficient (Wildman–Crippen LogP) is 7.21. The van der Waals surface area contributed by atoms with Crippen molar-refractivity contribution >= 4 is 45.9 Å². The molecule has 0 saturated carbocycles. The number of hydrogen-bond donors (Lipinski definition) is 0. The summed E-state index contributed by atoms with van der Waals surface area (Å²) >= 11 is 15.6. The zero-order valence-corrected chi connectivity index (χ0v) is 14.5. The van der Waals surface area contributed by atoms with E-state index in [1.54, 1.807) is 35.7 Å². The maximum absolute atomic E-state index is 13.8. The van der Waals surface area contributed by atoms with E-state index in [1.165, 1.54) is 6.07 Å². The first-order valence-electron chi connectivity index (χ1n) is 6.26. The Morgan fingerprint density at radius 3 is 2.33 bits per heavy atom. The van der Waals surface area contributed by atoms with Gasteiger partial charge in [-0.15, -0.1) is 22.7 Å². The molecule has 5 heteroatoms. The molecular formula is C16H11Cl2FS2. The summed E-state index contributed by atoms with van der Waals surface area (Å²) in [6.45, 7) is 3.67. The van der Waals surface area contributed by atoms with Crippen LogP contribution in [0.15, 0.2) is 29.0 Å². The average molecular weight is 357 g/mol. The standard InChI is InChI=1S/C16H11Cl2FS2/c1-8-13(17)3-10(4-14(8)19)15-5-11(6-21-15)12-7-20-9(2)16(12)18/h3-7H,1-2H3. The van der Waals surface area contributed by atoms with Crippen molar-refractivity contribution in [1.29, 1.82) is 0 Å². The number of hydrogen-bond acceptors (Lipinski definition) is 2. The van der Waals surface area contributed by atoms with Crippen molar-refractivity contribution in [3.8, 4) is 21.6 Å². The van der Waals surface area contributed by atoms with Gasteiger partial charge in [-0.25, -0.2) is 4.39 Å². The van der Waals surface area contributed by atoms with Crippen LogP contribution in [-0.2, 0) is 0 Å². The third-order valence-electron chi connectivity index (χ3n) is 3.38. The smallest absolute Gasteiger partial charge is 0.128 e. The maximum atomic E-state index is 13.8. The van der Waals surface area contributed by atoms with E-state index in [0.717, 1.165) is 31.5 Å². The van der Waals surface area contributed by atoms with E-state index in [0.29, 0.717) is 10.6 Å². The van der Waals surface area contributed by atoms with Crippen molar-refractivity contribution in [2.24, 2.45) is 0 Å². The Hall–Kier alpha value is -0.870. The molecule has 0 spiro atoms. The van der Waals surface area contributed by atoms with E-state index in [-0.39, 0.29) is 5.82 Å². The lowest BCUT2D eigenvalue weighted by Gasteiger charge is -2.03. The van der Waals surface area contributed by atoms with E-state index < -0.39 is 0 Å². The van der Waals surface area contributed by atoms with Gasteiger partial charge < -0.3 is 0 Å². The fourth-order valence-electron chi connectivity index (χ4n) is 2.05. The molecular weight excluding hydrogens is 346 g/mol. The highest BCUT2D eigenvalue weighted by atomic mass is 35.5. The lowest BCUT2D eigenvalue weighted by atomic mass is 10.1. The molecule has 0 amide bonds. The average Bonchev–Trinajstić information content (AvgIpc) is 3.04. The van der Waals surface area contributed by atoms with Gasteiger partial charge in [-0.2, -0.15) is 0 Å². The van der Waals surface area contributed by atoms with Crippen molar-refractivity contribution in [2.45, 2.75) is 13.8 Å². The summed E-state index contributed by atoms with van der Waals surface area (Å²) in [7, 11) is 0. The van der Waals surface area contributed by atoms with Gasteiger partial charge in [0.05, 0.1) is 5.02 Å². The Balaban J connectivity index is 2.05. The summed E-state index contributed by atoms with van der Waals surface area (Å²) in [5, 5.41) is 5.32. The van der Waals surface area contributed by atoms with Crippen molar-refractivity contribution in [1.82, 2.24) is 0 Å².